The summed E-state index contributed by atoms with van der Waals surface area (Å²) in [5.74, 6) is -0.206. The first-order valence-electron chi connectivity index (χ1n) is 7.12. The Labute approximate surface area is 125 Å². The Morgan fingerprint density at radius 3 is 2.38 bits per heavy atom. The van der Waals surface area contributed by atoms with E-state index in [1.54, 1.807) is 19.1 Å². The van der Waals surface area contributed by atoms with Crippen molar-refractivity contribution in [1.82, 2.24) is 5.32 Å². The third-order valence-electron chi connectivity index (χ3n) is 3.47. The van der Waals surface area contributed by atoms with Gasteiger partial charge in [0.1, 0.15) is 5.82 Å². The molecule has 0 heterocycles. The normalized spacial score (nSPS) is 10.4. The molecule has 21 heavy (non-hydrogen) atoms. The van der Waals surface area contributed by atoms with Crippen LogP contribution in [-0.4, -0.2) is 5.91 Å². The highest BCUT2D eigenvalue weighted by Crippen LogP contribution is 2.09. The molecular formula is C18H20FNO. The van der Waals surface area contributed by atoms with Crippen LogP contribution in [0.2, 0.25) is 0 Å². The highest BCUT2D eigenvalue weighted by molar-refractivity contribution is 5.76. The highest BCUT2D eigenvalue weighted by Gasteiger charge is 2.04. The van der Waals surface area contributed by atoms with E-state index in [4.69, 9.17) is 0 Å². The lowest BCUT2D eigenvalue weighted by atomic mass is 10.1. The van der Waals surface area contributed by atoms with Crippen molar-refractivity contribution < 1.29 is 9.18 Å². The number of aryl methyl sites for hydroxylation is 3. The number of nitrogens with one attached hydrogen (secondary N) is 1. The van der Waals surface area contributed by atoms with Gasteiger partial charge in [-0.1, -0.05) is 42.0 Å². The highest BCUT2D eigenvalue weighted by atomic mass is 19.1. The van der Waals surface area contributed by atoms with Crippen molar-refractivity contribution >= 4 is 5.91 Å². The molecular weight excluding hydrogens is 265 g/mol. The van der Waals surface area contributed by atoms with Crippen molar-refractivity contribution in [3.8, 4) is 0 Å². The van der Waals surface area contributed by atoms with E-state index in [0.29, 0.717) is 18.5 Å². The van der Waals surface area contributed by atoms with Gasteiger partial charge in [0.2, 0.25) is 5.91 Å². The van der Waals surface area contributed by atoms with Gasteiger partial charge in [0.05, 0.1) is 0 Å². The Bertz CT molecular complexity index is 620. The molecule has 1 N–H and O–H groups in total. The Morgan fingerprint density at radius 2 is 1.71 bits per heavy atom. The number of rotatable bonds is 5. The first-order valence-corrected chi connectivity index (χ1v) is 7.12. The fourth-order valence-corrected chi connectivity index (χ4v) is 2.12. The van der Waals surface area contributed by atoms with E-state index in [1.807, 2.05) is 19.1 Å². The van der Waals surface area contributed by atoms with Crippen LogP contribution in [0.25, 0.3) is 0 Å². The molecule has 0 aromatic heterocycles. The largest absolute Gasteiger partial charge is 0.352 e. The monoisotopic (exact) mass is 285 g/mol. The van der Waals surface area contributed by atoms with Crippen LogP contribution in [0.15, 0.2) is 42.5 Å². The van der Waals surface area contributed by atoms with Crippen LogP contribution in [0.5, 0.6) is 0 Å². The fourth-order valence-electron chi connectivity index (χ4n) is 2.12. The predicted octanol–water partition coefficient (Wildman–Crippen LogP) is 3.69. The molecule has 2 nitrogen and oxygen atoms in total. The van der Waals surface area contributed by atoms with Gasteiger partial charge in [-0.25, -0.2) is 4.39 Å². The van der Waals surface area contributed by atoms with Gasteiger partial charge in [0, 0.05) is 13.0 Å². The Balaban J connectivity index is 1.79. The zero-order valence-electron chi connectivity index (χ0n) is 12.4. The van der Waals surface area contributed by atoms with Crippen molar-refractivity contribution in [2.75, 3.05) is 0 Å². The molecule has 0 saturated carbocycles. The number of carbonyl (C=O) groups is 1. The lowest BCUT2D eigenvalue weighted by Crippen LogP contribution is -2.23. The zero-order valence-corrected chi connectivity index (χ0v) is 12.4. The Hall–Kier alpha value is -2.16. The summed E-state index contributed by atoms with van der Waals surface area (Å²) in [5.41, 5.74) is 3.89. The van der Waals surface area contributed by atoms with Crippen molar-refractivity contribution in [2.24, 2.45) is 0 Å². The average molecular weight is 285 g/mol. The molecule has 0 aliphatic rings. The molecule has 0 aliphatic heterocycles. The van der Waals surface area contributed by atoms with Gasteiger partial charge in [-0.05, 0) is 43.0 Å². The van der Waals surface area contributed by atoms with Crippen LogP contribution in [0, 0.1) is 19.7 Å². The third kappa shape index (κ3) is 4.71. The maximum absolute atomic E-state index is 13.1. The van der Waals surface area contributed by atoms with Gasteiger partial charge in [-0.2, -0.15) is 0 Å². The minimum atomic E-state index is -0.218. The molecule has 1 amide bonds. The maximum atomic E-state index is 13.1. The van der Waals surface area contributed by atoms with Crippen LogP contribution in [0.4, 0.5) is 4.39 Å². The number of amides is 1. The van der Waals surface area contributed by atoms with E-state index in [0.717, 1.165) is 17.5 Å². The summed E-state index contributed by atoms with van der Waals surface area (Å²) in [6.07, 6.45) is 1.19. The predicted molar refractivity (Wildman–Crippen MR) is 82.5 cm³/mol. The summed E-state index contributed by atoms with van der Waals surface area (Å²) >= 11 is 0. The molecule has 110 valence electrons. The summed E-state index contributed by atoms with van der Waals surface area (Å²) in [6, 6.07) is 13.1. The van der Waals surface area contributed by atoms with Crippen LogP contribution in [0.3, 0.4) is 0 Å². The van der Waals surface area contributed by atoms with Gasteiger partial charge in [-0.15, -0.1) is 0 Å². The second-order valence-electron chi connectivity index (χ2n) is 5.35. The first-order chi connectivity index (χ1) is 10.0. The molecule has 0 spiro atoms. The number of carbonyl (C=O) groups excluding carboxylic acids is 1. The second kappa shape index (κ2) is 7.02. The minimum absolute atomic E-state index is 0.0116. The van der Waals surface area contributed by atoms with E-state index in [-0.39, 0.29) is 11.7 Å². The van der Waals surface area contributed by atoms with E-state index < -0.39 is 0 Å². The topological polar surface area (TPSA) is 29.1 Å². The molecule has 0 unspecified atom stereocenters. The maximum Gasteiger partial charge on any atom is 0.220 e. The molecule has 2 aromatic carbocycles. The molecule has 2 aromatic rings. The lowest BCUT2D eigenvalue weighted by Gasteiger charge is -2.07. The Kier molecular flexibility index (Phi) is 5.09. The smallest absolute Gasteiger partial charge is 0.220 e. The molecule has 3 heteroatoms. The van der Waals surface area contributed by atoms with E-state index >= 15 is 0 Å². The van der Waals surface area contributed by atoms with Crippen molar-refractivity contribution in [2.45, 2.75) is 33.2 Å². The molecule has 0 radical (unpaired) electrons. The van der Waals surface area contributed by atoms with Crippen molar-refractivity contribution in [3.05, 3.63) is 70.5 Å². The summed E-state index contributed by atoms with van der Waals surface area (Å²) in [5, 5.41) is 2.87. The molecule has 0 bridgehead atoms. The molecule has 0 saturated heterocycles. The second-order valence-corrected chi connectivity index (χ2v) is 5.35. The van der Waals surface area contributed by atoms with Gasteiger partial charge in [-0.3, -0.25) is 4.79 Å². The van der Waals surface area contributed by atoms with Crippen LogP contribution < -0.4 is 5.32 Å². The molecule has 0 fully saturated rings. The molecule has 0 atom stereocenters. The summed E-state index contributed by atoms with van der Waals surface area (Å²) in [6.45, 7) is 4.20. The molecule has 2 rings (SSSR count). The van der Waals surface area contributed by atoms with Gasteiger partial charge in [0.25, 0.3) is 0 Å². The van der Waals surface area contributed by atoms with E-state index in [9.17, 15) is 9.18 Å². The fraction of sp³-hybridized carbons (Fsp3) is 0.278. The van der Waals surface area contributed by atoms with E-state index in [2.05, 4.69) is 17.4 Å². The lowest BCUT2D eigenvalue weighted by molar-refractivity contribution is -0.121. The Morgan fingerprint density at radius 1 is 1.05 bits per heavy atom. The summed E-state index contributed by atoms with van der Waals surface area (Å²) in [7, 11) is 0. The average Bonchev–Trinajstić information content (AvgIpc) is 2.48. The standard InChI is InChI=1S/C18H20FNO/c1-13-3-5-15(6-4-13)8-10-18(21)20-12-16-7-9-17(19)14(2)11-16/h3-7,9,11H,8,10,12H2,1-2H3,(H,20,21). The van der Waals surface area contributed by atoms with E-state index in [1.165, 1.54) is 11.6 Å². The first kappa shape index (κ1) is 15.2. The summed E-state index contributed by atoms with van der Waals surface area (Å²) < 4.78 is 13.1. The quantitative estimate of drug-likeness (QED) is 0.892. The van der Waals surface area contributed by atoms with Crippen LogP contribution in [-0.2, 0) is 17.8 Å². The van der Waals surface area contributed by atoms with Gasteiger partial charge >= 0.3 is 0 Å². The van der Waals surface area contributed by atoms with Crippen molar-refractivity contribution in [1.29, 1.82) is 0 Å². The van der Waals surface area contributed by atoms with Crippen LogP contribution in [0.1, 0.15) is 28.7 Å². The van der Waals surface area contributed by atoms with Crippen LogP contribution >= 0.6 is 0 Å². The van der Waals surface area contributed by atoms with Gasteiger partial charge < -0.3 is 5.32 Å². The van der Waals surface area contributed by atoms with Gasteiger partial charge in [0.15, 0.2) is 0 Å². The number of benzene rings is 2. The summed E-state index contributed by atoms with van der Waals surface area (Å²) in [4.78, 5) is 11.8. The SMILES string of the molecule is Cc1ccc(CCC(=O)NCc2ccc(F)c(C)c2)cc1. The number of halogens is 1. The number of hydrogen-bond acceptors (Lipinski definition) is 1. The zero-order chi connectivity index (χ0) is 15.2. The minimum Gasteiger partial charge on any atom is -0.352 e. The number of hydrogen-bond donors (Lipinski definition) is 1. The third-order valence-corrected chi connectivity index (χ3v) is 3.47. The van der Waals surface area contributed by atoms with Crippen molar-refractivity contribution in [3.63, 3.8) is 0 Å². The molecule has 0 aliphatic carbocycles.